The first-order valence-corrected chi connectivity index (χ1v) is 7.09. The third-order valence-corrected chi connectivity index (χ3v) is 4.45. The van der Waals surface area contributed by atoms with Gasteiger partial charge in [-0.2, -0.15) is 0 Å². The van der Waals surface area contributed by atoms with Gasteiger partial charge in [-0.3, -0.25) is 0 Å². The van der Waals surface area contributed by atoms with E-state index in [0.29, 0.717) is 4.43 Å². The largest absolute Gasteiger partial charge is 0.259 e. The highest BCUT2D eigenvalue weighted by atomic mass is 127. The Morgan fingerprint density at radius 2 is 1.76 bits per heavy atom. The van der Waals surface area contributed by atoms with E-state index >= 15 is 0 Å². The van der Waals surface area contributed by atoms with E-state index in [4.69, 9.17) is 0 Å². The summed E-state index contributed by atoms with van der Waals surface area (Å²) < 4.78 is 27.6. The molecule has 1 aliphatic carbocycles. The van der Waals surface area contributed by atoms with Crippen LogP contribution in [0.1, 0.15) is 11.5 Å². The van der Waals surface area contributed by atoms with Crippen LogP contribution in [0.4, 0.5) is 8.78 Å². The standard InChI is InChI=1S/C14H11F2I/c15-14(16)12(8-17)13(14)11-6-5-9-3-1-2-4-10(9)7-11/h1-7,12-13H,8H2. The molecule has 2 aromatic carbocycles. The monoisotopic (exact) mass is 344 g/mol. The molecule has 0 amide bonds. The molecule has 0 heterocycles. The van der Waals surface area contributed by atoms with Crippen molar-refractivity contribution in [3.8, 4) is 0 Å². The molecule has 3 rings (SSSR count). The van der Waals surface area contributed by atoms with Crippen molar-refractivity contribution in [1.82, 2.24) is 0 Å². The van der Waals surface area contributed by atoms with Crippen LogP contribution in [0.3, 0.4) is 0 Å². The van der Waals surface area contributed by atoms with Crippen LogP contribution in [0, 0.1) is 5.92 Å². The van der Waals surface area contributed by atoms with E-state index in [1.807, 2.05) is 65.1 Å². The Labute approximate surface area is 112 Å². The first kappa shape index (κ1) is 11.4. The zero-order valence-electron chi connectivity index (χ0n) is 9.04. The minimum Gasteiger partial charge on any atom is -0.206 e. The minimum absolute atomic E-state index is 0.482. The summed E-state index contributed by atoms with van der Waals surface area (Å²) in [6.45, 7) is 0. The number of alkyl halides is 3. The smallest absolute Gasteiger partial charge is 0.206 e. The van der Waals surface area contributed by atoms with E-state index in [1.54, 1.807) is 0 Å². The van der Waals surface area contributed by atoms with Gasteiger partial charge in [0.05, 0.1) is 5.92 Å². The van der Waals surface area contributed by atoms with Crippen LogP contribution >= 0.6 is 22.6 Å². The minimum atomic E-state index is -2.51. The molecular formula is C14H11F2I. The maximum absolute atomic E-state index is 13.5. The van der Waals surface area contributed by atoms with Gasteiger partial charge in [0, 0.05) is 10.3 Å². The predicted molar refractivity (Wildman–Crippen MR) is 74.0 cm³/mol. The molecule has 3 heteroatoms. The van der Waals surface area contributed by atoms with Gasteiger partial charge in [-0.05, 0) is 16.3 Å². The van der Waals surface area contributed by atoms with Gasteiger partial charge in [0.25, 0.3) is 5.92 Å². The lowest BCUT2D eigenvalue weighted by Gasteiger charge is -2.02. The Hall–Kier alpha value is -0.710. The molecule has 1 saturated carbocycles. The quantitative estimate of drug-likeness (QED) is 0.551. The molecule has 0 spiro atoms. The van der Waals surface area contributed by atoms with E-state index in [9.17, 15) is 8.78 Å². The van der Waals surface area contributed by atoms with Gasteiger partial charge in [-0.15, -0.1) is 0 Å². The van der Waals surface area contributed by atoms with Crippen LogP contribution in [0.25, 0.3) is 10.8 Å². The molecule has 1 aliphatic rings. The lowest BCUT2D eigenvalue weighted by molar-refractivity contribution is 0.0976. The topological polar surface area (TPSA) is 0 Å². The summed E-state index contributed by atoms with van der Waals surface area (Å²) in [7, 11) is 0. The lowest BCUT2D eigenvalue weighted by atomic mass is 10.0. The van der Waals surface area contributed by atoms with Gasteiger partial charge >= 0.3 is 0 Å². The number of hydrogen-bond acceptors (Lipinski definition) is 0. The summed E-state index contributed by atoms with van der Waals surface area (Å²) >= 11 is 2.05. The third kappa shape index (κ3) is 1.75. The Morgan fingerprint density at radius 3 is 2.41 bits per heavy atom. The normalized spacial score (nSPS) is 26.1. The highest BCUT2D eigenvalue weighted by Gasteiger charge is 2.67. The Kier molecular flexibility index (Phi) is 2.61. The molecule has 0 aliphatic heterocycles. The highest BCUT2D eigenvalue weighted by Crippen LogP contribution is 2.62. The molecule has 0 radical (unpaired) electrons. The molecule has 1 fully saturated rings. The Morgan fingerprint density at radius 1 is 1.06 bits per heavy atom. The second kappa shape index (κ2) is 3.90. The average molecular weight is 344 g/mol. The summed E-state index contributed by atoms with van der Waals surface area (Å²) in [6, 6.07) is 13.5. The lowest BCUT2D eigenvalue weighted by Crippen LogP contribution is -1.94. The number of hydrogen-bond donors (Lipinski definition) is 0. The van der Waals surface area contributed by atoms with Gasteiger partial charge in [0.1, 0.15) is 0 Å². The van der Waals surface area contributed by atoms with E-state index in [1.165, 1.54) is 0 Å². The average Bonchev–Trinajstić information content (AvgIpc) is 2.90. The van der Waals surface area contributed by atoms with Crippen molar-refractivity contribution in [1.29, 1.82) is 0 Å². The van der Waals surface area contributed by atoms with E-state index in [-0.39, 0.29) is 0 Å². The second-order valence-corrected chi connectivity index (χ2v) is 5.40. The van der Waals surface area contributed by atoms with Crippen molar-refractivity contribution in [3.05, 3.63) is 48.0 Å². The molecule has 0 bridgehead atoms. The van der Waals surface area contributed by atoms with Gasteiger partial charge in [0.15, 0.2) is 0 Å². The van der Waals surface area contributed by atoms with Crippen LogP contribution in [-0.4, -0.2) is 10.4 Å². The molecule has 0 saturated heterocycles. The number of fused-ring (bicyclic) bond motifs is 1. The Bertz CT molecular complexity index is 565. The zero-order chi connectivity index (χ0) is 12.0. The van der Waals surface area contributed by atoms with Gasteiger partial charge in [0.2, 0.25) is 0 Å². The third-order valence-electron chi connectivity index (χ3n) is 3.50. The SMILES string of the molecule is FC1(F)C(CI)C1c1ccc2ccccc2c1. The van der Waals surface area contributed by atoms with Crippen LogP contribution in [-0.2, 0) is 0 Å². The van der Waals surface area contributed by atoms with Crippen molar-refractivity contribution < 1.29 is 8.78 Å². The summed E-state index contributed by atoms with van der Waals surface area (Å²) in [5.74, 6) is -3.57. The first-order chi connectivity index (χ1) is 8.14. The summed E-state index contributed by atoms with van der Waals surface area (Å²) in [5, 5.41) is 2.14. The summed E-state index contributed by atoms with van der Waals surface area (Å²) in [4.78, 5) is 0. The van der Waals surface area contributed by atoms with Gasteiger partial charge in [-0.1, -0.05) is 65.1 Å². The molecule has 2 aromatic rings. The van der Waals surface area contributed by atoms with Crippen LogP contribution in [0.2, 0.25) is 0 Å². The van der Waals surface area contributed by atoms with Crippen molar-refractivity contribution in [2.24, 2.45) is 5.92 Å². The van der Waals surface area contributed by atoms with Crippen molar-refractivity contribution in [3.63, 3.8) is 0 Å². The van der Waals surface area contributed by atoms with E-state index < -0.39 is 17.8 Å². The van der Waals surface area contributed by atoms with Crippen LogP contribution in [0.5, 0.6) is 0 Å². The predicted octanol–water partition coefficient (Wildman–Crippen LogP) is 4.62. The molecule has 2 unspecified atom stereocenters. The molecule has 17 heavy (non-hydrogen) atoms. The number of halogens is 3. The molecule has 2 atom stereocenters. The van der Waals surface area contributed by atoms with Crippen molar-refractivity contribution in [2.75, 3.05) is 4.43 Å². The molecule has 0 aromatic heterocycles. The fraction of sp³-hybridized carbons (Fsp3) is 0.286. The van der Waals surface area contributed by atoms with Crippen LogP contribution < -0.4 is 0 Å². The maximum atomic E-state index is 13.5. The molecule has 88 valence electrons. The first-order valence-electron chi connectivity index (χ1n) is 5.57. The summed E-state index contributed by atoms with van der Waals surface area (Å²) in [6.07, 6.45) is 0. The Balaban J connectivity index is 2.03. The molecular weight excluding hydrogens is 333 g/mol. The summed E-state index contributed by atoms with van der Waals surface area (Å²) in [5.41, 5.74) is 0.773. The zero-order valence-corrected chi connectivity index (χ0v) is 11.2. The van der Waals surface area contributed by atoms with E-state index in [2.05, 4.69) is 0 Å². The van der Waals surface area contributed by atoms with Crippen molar-refractivity contribution in [2.45, 2.75) is 11.8 Å². The van der Waals surface area contributed by atoms with Crippen LogP contribution in [0.15, 0.2) is 42.5 Å². The van der Waals surface area contributed by atoms with Gasteiger partial charge in [-0.25, -0.2) is 8.78 Å². The molecule has 0 N–H and O–H groups in total. The molecule has 0 nitrogen and oxygen atoms in total. The van der Waals surface area contributed by atoms with Crippen molar-refractivity contribution >= 4 is 33.4 Å². The maximum Gasteiger partial charge on any atom is 0.259 e. The fourth-order valence-corrected chi connectivity index (χ4v) is 3.53. The second-order valence-electron chi connectivity index (χ2n) is 4.52. The highest BCUT2D eigenvalue weighted by molar-refractivity contribution is 14.1. The fourth-order valence-electron chi connectivity index (χ4n) is 2.44. The number of benzene rings is 2. The van der Waals surface area contributed by atoms with E-state index in [0.717, 1.165) is 16.3 Å². The van der Waals surface area contributed by atoms with Gasteiger partial charge < -0.3 is 0 Å². The number of rotatable bonds is 2.